The van der Waals surface area contributed by atoms with Gasteiger partial charge in [-0.1, -0.05) is 12.1 Å². The smallest absolute Gasteiger partial charge is 0.254 e. The van der Waals surface area contributed by atoms with Crippen molar-refractivity contribution in [2.75, 3.05) is 31.1 Å². The van der Waals surface area contributed by atoms with Crippen molar-refractivity contribution in [3.8, 4) is 0 Å². The Morgan fingerprint density at radius 2 is 1.78 bits per heavy atom. The van der Waals surface area contributed by atoms with Crippen molar-refractivity contribution in [3.05, 3.63) is 65.5 Å². The van der Waals surface area contributed by atoms with Crippen LogP contribution in [0.15, 0.2) is 42.7 Å². The molecule has 1 amide bonds. The Hall–Kier alpha value is -3.09. The molecule has 1 aromatic heterocycles. The Labute approximate surface area is 155 Å². The van der Waals surface area contributed by atoms with Crippen LogP contribution in [0.5, 0.6) is 0 Å². The zero-order valence-electron chi connectivity index (χ0n) is 14.8. The second-order valence-corrected chi connectivity index (χ2v) is 6.58. The van der Waals surface area contributed by atoms with E-state index in [4.69, 9.17) is 0 Å². The number of para-hydroxylation sites is 1. The van der Waals surface area contributed by atoms with Crippen LogP contribution in [0.25, 0.3) is 10.9 Å². The lowest BCUT2D eigenvalue weighted by atomic mass is 10.1. The number of rotatable bonds is 2. The molecule has 5 nitrogen and oxygen atoms in total. The van der Waals surface area contributed by atoms with Crippen LogP contribution in [0.3, 0.4) is 0 Å². The maximum absolute atomic E-state index is 14.0. The number of amides is 1. The van der Waals surface area contributed by atoms with Crippen molar-refractivity contribution in [3.63, 3.8) is 0 Å². The van der Waals surface area contributed by atoms with Gasteiger partial charge in [0.15, 0.2) is 0 Å². The molecule has 1 aliphatic rings. The summed E-state index contributed by atoms with van der Waals surface area (Å²) in [6.07, 6.45) is 1.35. The first-order valence-electron chi connectivity index (χ1n) is 8.74. The van der Waals surface area contributed by atoms with Gasteiger partial charge in [0, 0.05) is 37.1 Å². The first-order valence-corrected chi connectivity index (χ1v) is 8.74. The molecule has 0 bridgehead atoms. The zero-order chi connectivity index (χ0) is 19.0. The fourth-order valence-corrected chi connectivity index (χ4v) is 3.32. The average Bonchev–Trinajstić information content (AvgIpc) is 2.70. The fourth-order valence-electron chi connectivity index (χ4n) is 3.32. The molecule has 0 spiro atoms. The van der Waals surface area contributed by atoms with Gasteiger partial charge in [-0.05, 0) is 36.8 Å². The maximum atomic E-state index is 14.0. The highest BCUT2D eigenvalue weighted by molar-refractivity contribution is 5.94. The molecule has 138 valence electrons. The van der Waals surface area contributed by atoms with E-state index >= 15 is 0 Å². The second-order valence-electron chi connectivity index (χ2n) is 6.58. The molecule has 7 heteroatoms. The number of nitrogens with zero attached hydrogens (tertiary/aromatic N) is 4. The third kappa shape index (κ3) is 3.20. The molecule has 0 radical (unpaired) electrons. The summed E-state index contributed by atoms with van der Waals surface area (Å²) in [7, 11) is 0. The summed E-state index contributed by atoms with van der Waals surface area (Å²) in [6, 6.07) is 9.34. The first-order chi connectivity index (χ1) is 13.0. The van der Waals surface area contributed by atoms with E-state index < -0.39 is 0 Å². The van der Waals surface area contributed by atoms with Crippen LogP contribution >= 0.6 is 0 Å². The fraction of sp³-hybridized carbons (Fsp3) is 0.250. The monoisotopic (exact) mass is 368 g/mol. The van der Waals surface area contributed by atoms with E-state index in [1.807, 2.05) is 4.90 Å². The van der Waals surface area contributed by atoms with E-state index in [9.17, 15) is 13.6 Å². The number of benzene rings is 2. The lowest BCUT2D eigenvalue weighted by Gasteiger charge is -2.35. The SMILES string of the molecule is Cc1ccc(C(=O)N2CCN(c3ncnc4c(F)cccc34)CC2)cc1F. The molecule has 3 aromatic rings. The average molecular weight is 368 g/mol. The highest BCUT2D eigenvalue weighted by atomic mass is 19.1. The number of hydrogen-bond acceptors (Lipinski definition) is 4. The van der Waals surface area contributed by atoms with Crippen molar-refractivity contribution in [2.45, 2.75) is 6.92 Å². The van der Waals surface area contributed by atoms with Crippen LogP contribution in [0.2, 0.25) is 0 Å². The highest BCUT2D eigenvalue weighted by Crippen LogP contribution is 2.25. The van der Waals surface area contributed by atoms with Gasteiger partial charge in [0.05, 0.1) is 0 Å². The lowest BCUT2D eigenvalue weighted by molar-refractivity contribution is 0.0746. The van der Waals surface area contributed by atoms with Gasteiger partial charge < -0.3 is 9.80 Å². The number of halogens is 2. The minimum absolute atomic E-state index is 0.188. The van der Waals surface area contributed by atoms with Crippen LogP contribution in [0, 0.1) is 18.6 Å². The van der Waals surface area contributed by atoms with Gasteiger partial charge in [-0.2, -0.15) is 0 Å². The van der Waals surface area contributed by atoms with Crippen LogP contribution in [-0.2, 0) is 0 Å². The van der Waals surface area contributed by atoms with E-state index in [0.29, 0.717) is 48.5 Å². The number of anilines is 1. The second kappa shape index (κ2) is 6.90. The number of hydrogen-bond donors (Lipinski definition) is 0. The molecule has 2 aromatic carbocycles. The number of piperazine rings is 1. The minimum Gasteiger partial charge on any atom is -0.352 e. The van der Waals surface area contributed by atoms with Crippen molar-refractivity contribution in [2.24, 2.45) is 0 Å². The highest BCUT2D eigenvalue weighted by Gasteiger charge is 2.24. The van der Waals surface area contributed by atoms with E-state index in [0.717, 1.165) is 0 Å². The number of carbonyl (C=O) groups is 1. The van der Waals surface area contributed by atoms with Crippen molar-refractivity contribution < 1.29 is 13.6 Å². The normalized spacial score (nSPS) is 14.6. The first kappa shape index (κ1) is 17.3. The standard InChI is InChI=1S/C20H18F2N4O/c1-13-5-6-14(11-17(13)22)20(27)26-9-7-25(8-10-26)19-15-3-2-4-16(21)18(15)23-12-24-19/h2-6,11-12H,7-10H2,1H3. The predicted molar refractivity (Wildman–Crippen MR) is 98.7 cm³/mol. The Morgan fingerprint density at radius 3 is 2.52 bits per heavy atom. The quantitative estimate of drug-likeness (QED) is 0.697. The van der Waals surface area contributed by atoms with Crippen molar-refractivity contribution in [1.82, 2.24) is 14.9 Å². The Kier molecular flexibility index (Phi) is 4.43. The molecular weight excluding hydrogens is 350 g/mol. The molecule has 0 unspecified atom stereocenters. The summed E-state index contributed by atoms with van der Waals surface area (Å²) < 4.78 is 27.7. The number of aryl methyl sites for hydroxylation is 1. The molecule has 27 heavy (non-hydrogen) atoms. The van der Waals surface area contributed by atoms with Crippen molar-refractivity contribution in [1.29, 1.82) is 0 Å². The van der Waals surface area contributed by atoms with Gasteiger partial charge >= 0.3 is 0 Å². The summed E-state index contributed by atoms with van der Waals surface area (Å²) in [5.74, 6) is -0.291. The predicted octanol–water partition coefficient (Wildman–Crippen LogP) is 3.18. The third-order valence-electron chi connectivity index (χ3n) is 4.88. The Balaban J connectivity index is 1.52. The summed E-state index contributed by atoms with van der Waals surface area (Å²) in [4.78, 5) is 24.7. The van der Waals surface area contributed by atoms with Gasteiger partial charge in [0.1, 0.15) is 29.3 Å². The number of carbonyl (C=O) groups excluding carboxylic acids is 1. The molecule has 2 heterocycles. The molecule has 0 saturated carbocycles. The zero-order valence-corrected chi connectivity index (χ0v) is 14.8. The van der Waals surface area contributed by atoms with Gasteiger partial charge in [0.2, 0.25) is 0 Å². The summed E-state index contributed by atoms with van der Waals surface area (Å²) >= 11 is 0. The largest absolute Gasteiger partial charge is 0.352 e. The molecule has 1 fully saturated rings. The number of aromatic nitrogens is 2. The molecule has 0 atom stereocenters. The van der Waals surface area contributed by atoms with E-state index in [1.165, 1.54) is 18.5 Å². The lowest BCUT2D eigenvalue weighted by Crippen LogP contribution is -2.49. The van der Waals surface area contributed by atoms with Crippen LogP contribution < -0.4 is 4.90 Å². The van der Waals surface area contributed by atoms with E-state index in [2.05, 4.69) is 9.97 Å². The summed E-state index contributed by atoms with van der Waals surface area (Å²) in [6.45, 7) is 3.74. The van der Waals surface area contributed by atoms with Gasteiger partial charge in [-0.15, -0.1) is 0 Å². The van der Waals surface area contributed by atoms with Gasteiger partial charge in [-0.3, -0.25) is 4.79 Å². The van der Waals surface area contributed by atoms with Crippen molar-refractivity contribution >= 4 is 22.6 Å². The Bertz CT molecular complexity index is 1020. The Morgan fingerprint density at radius 1 is 1.00 bits per heavy atom. The summed E-state index contributed by atoms with van der Waals surface area (Å²) in [5, 5.41) is 0.651. The van der Waals surface area contributed by atoms with Gasteiger partial charge in [0.25, 0.3) is 5.91 Å². The molecular formula is C20H18F2N4O. The third-order valence-corrected chi connectivity index (χ3v) is 4.88. The molecule has 1 aliphatic heterocycles. The number of fused-ring (bicyclic) bond motifs is 1. The van der Waals surface area contributed by atoms with Crippen LogP contribution in [0.1, 0.15) is 15.9 Å². The maximum Gasteiger partial charge on any atom is 0.254 e. The van der Waals surface area contributed by atoms with Crippen LogP contribution in [0.4, 0.5) is 14.6 Å². The molecule has 0 N–H and O–H groups in total. The van der Waals surface area contributed by atoms with Crippen LogP contribution in [-0.4, -0.2) is 47.0 Å². The molecule has 1 saturated heterocycles. The van der Waals surface area contributed by atoms with Gasteiger partial charge in [-0.25, -0.2) is 18.7 Å². The topological polar surface area (TPSA) is 49.3 Å². The molecule has 4 rings (SSSR count). The summed E-state index contributed by atoms with van der Waals surface area (Å²) in [5.41, 5.74) is 1.15. The molecule has 0 aliphatic carbocycles. The van der Waals surface area contributed by atoms with E-state index in [-0.39, 0.29) is 23.1 Å². The van der Waals surface area contributed by atoms with E-state index in [1.54, 1.807) is 36.1 Å². The minimum atomic E-state index is -0.383.